The lowest BCUT2D eigenvalue weighted by Gasteiger charge is -2.17. The lowest BCUT2D eigenvalue weighted by molar-refractivity contribution is 0.170. The Kier molecular flexibility index (Phi) is 4.63. The zero-order valence-corrected chi connectivity index (χ0v) is 11.3. The average molecular weight is 283 g/mol. The molecule has 0 saturated heterocycles. The van der Waals surface area contributed by atoms with Gasteiger partial charge in [-0.05, 0) is 47.0 Å². The van der Waals surface area contributed by atoms with E-state index in [1.165, 1.54) is 6.07 Å². The van der Waals surface area contributed by atoms with Crippen molar-refractivity contribution in [3.05, 3.63) is 57.8 Å². The molecule has 5 heteroatoms. The van der Waals surface area contributed by atoms with Crippen molar-refractivity contribution < 1.29 is 13.9 Å². The predicted octanol–water partition coefficient (Wildman–Crippen LogP) is 3.41. The maximum Gasteiger partial charge on any atom is 0.159 e. The van der Waals surface area contributed by atoms with Gasteiger partial charge >= 0.3 is 0 Å². The summed E-state index contributed by atoms with van der Waals surface area (Å²) < 4.78 is 25.8. The molecule has 2 nitrogen and oxygen atoms in total. The first kappa shape index (κ1) is 14.1. The molecule has 102 valence electrons. The molecule has 0 bridgehead atoms. The number of aliphatic hydroxyl groups is 1. The van der Waals surface area contributed by atoms with Gasteiger partial charge in [0.25, 0.3) is 0 Å². The maximum atomic E-state index is 13.1. The second-order valence-corrected chi connectivity index (χ2v) is 5.16. The summed E-state index contributed by atoms with van der Waals surface area (Å²) >= 11 is 1.61. The lowest BCUT2D eigenvalue weighted by Crippen LogP contribution is -2.24. The van der Waals surface area contributed by atoms with E-state index in [1.54, 1.807) is 11.3 Å². The standard InChI is InChI=1S/C14H15F2NOS/c1-9(11-4-5-19-8-11)17-7-14(18)10-2-3-12(15)13(16)6-10/h2-6,8-9,14,17-18H,7H2,1H3. The van der Waals surface area contributed by atoms with Crippen LogP contribution in [0, 0.1) is 11.6 Å². The molecule has 0 fully saturated rings. The van der Waals surface area contributed by atoms with Crippen molar-refractivity contribution in [2.75, 3.05) is 6.54 Å². The number of halogens is 2. The van der Waals surface area contributed by atoms with E-state index in [1.807, 2.05) is 23.8 Å². The summed E-state index contributed by atoms with van der Waals surface area (Å²) in [6.45, 7) is 2.27. The molecule has 2 N–H and O–H groups in total. The first-order valence-corrected chi connectivity index (χ1v) is 6.90. The van der Waals surface area contributed by atoms with Crippen molar-refractivity contribution in [2.24, 2.45) is 0 Å². The van der Waals surface area contributed by atoms with Crippen LogP contribution in [0.4, 0.5) is 8.78 Å². The van der Waals surface area contributed by atoms with Crippen LogP contribution < -0.4 is 5.32 Å². The van der Waals surface area contributed by atoms with E-state index >= 15 is 0 Å². The Balaban J connectivity index is 1.93. The monoisotopic (exact) mass is 283 g/mol. The Morgan fingerprint density at radius 1 is 1.21 bits per heavy atom. The molecule has 19 heavy (non-hydrogen) atoms. The summed E-state index contributed by atoms with van der Waals surface area (Å²) in [5.74, 6) is -1.85. The highest BCUT2D eigenvalue weighted by Crippen LogP contribution is 2.19. The van der Waals surface area contributed by atoms with Gasteiger partial charge in [0.15, 0.2) is 11.6 Å². The normalized spacial score (nSPS) is 14.3. The number of rotatable bonds is 5. The van der Waals surface area contributed by atoms with Crippen LogP contribution >= 0.6 is 11.3 Å². The summed E-state index contributed by atoms with van der Waals surface area (Å²) in [5, 5.41) is 17.1. The molecule has 2 aromatic rings. The highest BCUT2D eigenvalue weighted by atomic mass is 32.1. The summed E-state index contributed by atoms with van der Waals surface area (Å²) in [7, 11) is 0. The van der Waals surface area contributed by atoms with Gasteiger partial charge < -0.3 is 10.4 Å². The number of nitrogens with one attached hydrogen (secondary N) is 1. The Morgan fingerprint density at radius 3 is 2.63 bits per heavy atom. The van der Waals surface area contributed by atoms with Crippen LogP contribution in [0.3, 0.4) is 0 Å². The highest BCUT2D eigenvalue weighted by Gasteiger charge is 2.13. The first-order chi connectivity index (χ1) is 9.08. The van der Waals surface area contributed by atoms with Gasteiger partial charge in [-0.1, -0.05) is 6.07 Å². The number of thiophene rings is 1. The third-order valence-electron chi connectivity index (χ3n) is 2.99. The topological polar surface area (TPSA) is 32.3 Å². The van der Waals surface area contributed by atoms with Crippen LogP contribution in [0.15, 0.2) is 35.0 Å². The van der Waals surface area contributed by atoms with E-state index in [4.69, 9.17) is 0 Å². The molecule has 1 aromatic heterocycles. The summed E-state index contributed by atoms with van der Waals surface area (Å²) in [6.07, 6.45) is -0.865. The Morgan fingerprint density at radius 2 is 2.00 bits per heavy atom. The first-order valence-electron chi connectivity index (χ1n) is 5.96. The molecule has 0 aliphatic rings. The third-order valence-corrected chi connectivity index (χ3v) is 3.69. The molecule has 2 unspecified atom stereocenters. The maximum absolute atomic E-state index is 13.1. The summed E-state index contributed by atoms with van der Waals surface area (Å²) in [4.78, 5) is 0. The van der Waals surface area contributed by atoms with E-state index in [9.17, 15) is 13.9 Å². The molecule has 0 radical (unpaired) electrons. The molecule has 0 aliphatic carbocycles. The number of benzene rings is 1. The number of hydrogen-bond acceptors (Lipinski definition) is 3. The molecule has 1 heterocycles. The molecule has 0 aliphatic heterocycles. The SMILES string of the molecule is CC(NCC(O)c1ccc(F)c(F)c1)c1ccsc1. The van der Waals surface area contributed by atoms with Crippen LogP contribution in [0.1, 0.15) is 30.2 Å². The van der Waals surface area contributed by atoms with Crippen LogP contribution in [-0.4, -0.2) is 11.7 Å². The van der Waals surface area contributed by atoms with Crippen molar-refractivity contribution in [1.29, 1.82) is 0 Å². The minimum Gasteiger partial charge on any atom is -0.387 e. The molecule has 2 rings (SSSR count). The van der Waals surface area contributed by atoms with Crippen molar-refractivity contribution >= 4 is 11.3 Å². The van der Waals surface area contributed by atoms with Crippen LogP contribution in [0.5, 0.6) is 0 Å². The van der Waals surface area contributed by atoms with Gasteiger partial charge in [-0.15, -0.1) is 0 Å². The fraction of sp³-hybridized carbons (Fsp3) is 0.286. The quantitative estimate of drug-likeness (QED) is 0.881. The molecular formula is C14H15F2NOS. The third kappa shape index (κ3) is 3.59. The summed E-state index contributed by atoms with van der Waals surface area (Å²) in [5.41, 5.74) is 1.51. The minimum atomic E-state index is -0.942. The number of hydrogen-bond donors (Lipinski definition) is 2. The van der Waals surface area contributed by atoms with E-state index in [-0.39, 0.29) is 12.6 Å². The lowest BCUT2D eigenvalue weighted by atomic mass is 10.1. The second-order valence-electron chi connectivity index (χ2n) is 4.38. The summed E-state index contributed by atoms with van der Waals surface area (Å²) in [6, 6.07) is 5.55. The smallest absolute Gasteiger partial charge is 0.159 e. The largest absolute Gasteiger partial charge is 0.387 e. The Labute approximate surface area is 114 Å². The Bertz CT molecular complexity index is 530. The fourth-order valence-electron chi connectivity index (χ4n) is 1.77. The van der Waals surface area contributed by atoms with E-state index in [0.29, 0.717) is 5.56 Å². The molecule has 0 amide bonds. The zero-order chi connectivity index (χ0) is 13.8. The van der Waals surface area contributed by atoms with Crippen LogP contribution in [0.25, 0.3) is 0 Å². The van der Waals surface area contributed by atoms with Crippen molar-refractivity contribution in [3.8, 4) is 0 Å². The second kappa shape index (κ2) is 6.23. The molecule has 2 atom stereocenters. The van der Waals surface area contributed by atoms with Crippen molar-refractivity contribution in [2.45, 2.75) is 19.1 Å². The minimum absolute atomic E-state index is 0.103. The van der Waals surface area contributed by atoms with Gasteiger partial charge in [-0.3, -0.25) is 0 Å². The van der Waals surface area contributed by atoms with Gasteiger partial charge in [-0.2, -0.15) is 11.3 Å². The van der Waals surface area contributed by atoms with Crippen LogP contribution in [-0.2, 0) is 0 Å². The van der Waals surface area contributed by atoms with E-state index < -0.39 is 17.7 Å². The van der Waals surface area contributed by atoms with Crippen molar-refractivity contribution in [3.63, 3.8) is 0 Å². The van der Waals surface area contributed by atoms with Gasteiger partial charge in [0.1, 0.15) is 0 Å². The highest BCUT2D eigenvalue weighted by molar-refractivity contribution is 7.07. The average Bonchev–Trinajstić information content (AvgIpc) is 2.92. The van der Waals surface area contributed by atoms with E-state index in [0.717, 1.165) is 17.7 Å². The van der Waals surface area contributed by atoms with Crippen LogP contribution in [0.2, 0.25) is 0 Å². The van der Waals surface area contributed by atoms with Crippen molar-refractivity contribution in [1.82, 2.24) is 5.32 Å². The molecule has 0 spiro atoms. The predicted molar refractivity (Wildman–Crippen MR) is 72.1 cm³/mol. The molecule has 0 saturated carbocycles. The van der Waals surface area contributed by atoms with E-state index in [2.05, 4.69) is 5.32 Å². The van der Waals surface area contributed by atoms with Gasteiger partial charge in [0, 0.05) is 12.6 Å². The van der Waals surface area contributed by atoms with Gasteiger partial charge in [0.2, 0.25) is 0 Å². The Hall–Kier alpha value is -1.30. The fourth-order valence-corrected chi connectivity index (χ4v) is 2.52. The molecule has 1 aromatic carbocycles. The molecular weight excluding hydrogens is 268 g/mol. The van der Waals surface area contributed by atoms with Gasteiger partial charge in [0.05, 0.1) is 6.10 Å². The zero-order valence-electron chi connectivity index (χ0n) is 10.4. The number of aliphatic hydroxyl groups excluding tert-OH is 1. The van der Waals surface area contributed by atoms with Gasteiger partial charge in [-0.25, -0.2) is 8.78 Å².